The molecule has 0 amide bonds. The maximum absolute atomic E-state index is 10.9. The van der Waals surface area contributed by atoms with Crippen molar-refractivity contribution in [2.45, 2.75) is 55.4 Å². The van der Waals surface area contributed by atoms with Crippen molar-refractivity contribution in [1.82, 2.24) is 0 Å². The Kier molecular flexibility index (Phi) is 15.9. The van der Waals surface area contributed by atoms with E-state index in [2.05, 4.69) is 79.7 Å². The average molecular weight is 760 g/mol. The summed E-state index contributed by atoms with van der Waals surface area (Å²) < 4.78 is 0. The highest BCUT2D eigenvalue weighted by atomic mass is 35.5. The van der Waals surface area contributed by atoms with Crippen molar-refractivity contribution < 1.29 is 19.2 Å². The Morgan fingerprint density at radius 1 is 0.273 bits per heavy atom. The molecule has 0 N–H and O–H groups in total. The fourth-order valence-corrected chi connectivity index (χ4v) is 5.03. The molecule has 4 rings (SSSR count). The van der Waals surface area contributed by atoms with Crippen molar-refractivity contribution in [2.75, 3.05) is 0 Å². The molecule has 0 aromatic heterocycles. The van der Waals surface area contributed by atoms with Gasteiger partial charge in [0.25, 0.3) is 0 Å². The number of carbonyl (C=O) groups is 4. The monoisotopic (exact) mass is 756 g/mol. The fourth-order valence-electron chi connectivity index (χ4n) is 3.39. The van der Waals surface area contributed by atoms with Gasteiger partial charge in [-0.3, -0.25) is 19.2 Å². The molecule has 12 heteroatoms. The summed E-state index contributed by atoms with van der Waals surface area (Å²) in [6.07, 6.45) is 0. The smallest absolute Gasteiger partial charge is 0.247 e. The van der Waals surface area contributed by atoms with Gasteiger partial charge in [-0.2, -0.15) is 0 Å². The standard InChI is InChI=1S/2C10H14.2C6Cl4O2/c2*1-7-5-9(3)10(4)6-8(7)2;2*7-1-2(8)4(10)6(12)5(11)3(1)9/h2*5-6H,1-4H3;;. The van der Waals surface area contributed by atoms with Gasteiger partial charge in [-0.25, -0.2) is 0 Å². The number of hydrogen-bond acceptors (Lipinski definition) is 4. The second kappa shape index (κ2) is 17.4. The van der Waals surface area contributed by atoms with Crippen LogP contribution < -0.4 is 0 Å². The van der Waals surface area contributed by atoms with Crippen LogP contribution in [0.4, 0.5) is 0 Å². The van der Waals surface area contributed by atoms with E-state index in [1.54, 1.807) is 0 Å². The normalized spacial score (nSPS) is 15.1. The Labute approximate surface area is 297 Å². The number of rotatable bonds is 0. The second-order valence-electron chi connectivity index (χ2n) is 9.87. The summed E-state index contributed by atoms with van der Waals surface area (Å²) in [5.41, 5.74) is 11.1. The summed E-state index contributed by atoms with van der Waals surface area (Å²) >= 11 is 43.4. The zero-order valence-electron chi connectivity index (χ0n) is 25.0. The number of Topliss-reactive ketones (excluding diaryl/α,β-unsaturated/α-hetero) is 4. The molecule has 236 valence electrons. The van der Waals surface area contributed by atoms with E-state index in [9.17, 15) is 19.2 Å². The first kappa shape index (κ1) is 40.4. The van der Waals surface area contributed by atoms with Crippen molar-refractivity contribution >= 4 is 116 Å². The van der Waals surface area contributed by atoms with Gasteiger partial charge < -0.3 is 0 Å². The van der Waals surface area contributed by atoms with Crippen LogP contribution in [-0.2, 0) is 19.2 Å². The SMILES string of the molecule is Cc1cc(C)c(C)cc1C.Cc1cc(C)c(C)cc1C.O=C1C(=O)C(Cl)=C(Cl)C(Cl)=C1Cl.O=C1C(=O)C(Cl)=C(Cl)C(Cl)=C1Cl. The first-order chi connectivity index (χ1) is 20.1. The van der Waals surface area contributed by atoms with E-state index in [1.807, 2.05) is 0 Å². The average Bonchev–Trinajstić information content (AvgIpc) is 2.98. The van der Waals surface area contributed by atoms with Crippen LogP contribution in [-0.4, -0.2) is 23.1 Å². The number of ketones is 4. The number of halogens is 8. The highest BCUT2D eigenvalue weighted by Gasteiger charge is 2.32. The molecule has 2 aromatic carbocycles. The predicted molar refractivity (Wildman–Crippen MR) is 186 cm³/mol. The minimum atomic E-state index is -0.934. The van der Waals surface area contributed by atoms with Crippen LogP contribution in [0.3, 0.4) is 0 Å². The lowest BCUT2D eigenvalue weighted by Crippen LogP contribution is -2.19. The molecule has 0 spiro atoms. The molecular weight excluding hydrogens is 732 g/mol. The molecule has 0 fully saturated rings. The Hall–Kier alpha value is -1.60. The summed E-state index contributed by atoms with van der Waals surface area (Å²) in [7, 11) is 0. The van der Waals surface area contributed by atoms with Gasteiger partial charge in [0.15, 0.2) is 0 Å². The maximum atomic E-state index is 10.9. The van der Waals surface area contributed by atoms with Crippen LogP contribution >= 0.6 is 92.8 Å². The molecule has 0 atom stereocenters. The van der Waals surface area contributed by atoms with Crippen molar-refractivity contribution in [2.24, 2.45) is 0 Å². The molecule has 0 radical (unpaired) electrons. The lowest BCUT2D eigenvalue weighted by Gasteiger charge is -2.08. The van der Waals surface area contributed by atoms with E-state index in [0.29, 0.717) is 0 Å². The maximum Gasteiger partial charge on any atom is 0.247 e. The summed E-state index contributed by atoms with van der Waals surface area (Å²) in [5.74, 6) is -3.74. The van der Waals surface area contributed by atoms with Gasteiger partial charge in [0.2, 0.25) is 23.1 Å². The number of hydrogen-bond donors (Lipinski definition) is 0. The van der Waals surface area contributed by atoms with Gasteiger partial charge in [0, 0.05) is 0 Å². The molecule has 0 unspecified atom stereocenters. The quantitative estimate of drug-likeness (QED) is 0.198. The number of allylic oxidation sites excluding steroid dienone is 8. The van der Waals surface area contributed by atoms with Crippen molar-refractivity contribution in [3.05, 3.63) is 109 Å². The van der Waals surface area contributed by atoms with Crippen LogP contribution in [0.15, 0.2) is 64.5 Å². The van der Waals surface area contributed by atoms with Gasteiger partial charge in [-0.15, -0.1) is 0 Å². The van der Waals surface area contributed by atoms with E-state index in [1.165, 1.54) is 44.5 Å². The molecule has 0 bridgehead atoms. The zero-order chi connectivity index (χ0) is 34.4. The largest absolute Gasteiger partial charge is 0.284 e. The summed E-state index contributed by atoms with van der Waals surface area (Å²) in [6, 6.07) is 8.96. The molecular formula is C32H28Cl8O4. The topological polar surface area (TPSA) is 68.3 Å². The number of benzene rings is 2. The van der Waals surface area contributed by atoms with Crippen molar-refractivity contribution in [3.63, 3.8) is 0 Å². The number of carbonyl (C=O) groups excluding carboxylic acids is 4. The van der Waals surface area contributed by atoms with E-state index in [-0.39, 0.29) is 20.1 Å². The lowest BCUT2D eigenvalue weighted by molar-refractivity contribution is -0.131. The van der Waals surface area contributed by atoms with Crippen molar-refractivity contribution in [1.29, 1.82) is 0 Å². The first-order valence-electron chi connectivity index (χ1n) is 12.6. The van der Waals surface area contributed by atoms with Gasteiger partial charge in [0.1, 0.15) is 20.1 Å². The van der Waals surface area contributed by atoms with Crippen LogP contribution in [0, 0.1) is 55.4 Å². The number of aryl methyl sites for hydroxylation is 8. The third-order valence-electron chi connectivity index (χ3n) is 6.59. The summed E-state index contributed by atoms with van der Waals surface area (Å²) in [4.78, 5) is 43.6. The Balaban J connectivity index is 0.000000294. The Morgan fingerprint density at radius 2 is 0.386 bits per heavy atom. The third-order valence-corrected chi connectivity index (χ3v) is 10.1. The molecule has 0 aliphatic heterocycles. The van der Waals surface area contributed by atoms with E-state index in [4.69, 9.17) is 92.8 Å². The predicted octanol–water partition coefficient (Wildman–Crippen LogP) is 10.9. The fraction of sp³-hybridized carbons (Fsp3) is 0.250. The highest BCUT2D eigenvalue weighted by Crippen LogP contribution is 2.36. The van der Waals surface area contributed by atoms with Crippen molar-refractivity contribution in [3.8, 4) is 0 Å². The van der Waals surface area contributed by atoms with Crippen LogP contribution in [0.25, 0.3) is 0 Å². The van der Waals surface area contributed by atoms with Gasteiger partial charge >= 0.3 is 0 Å². The van der Waals surface area contributed by atoms with Gasteiger partial charge in [0.05, 0.1) is 20.1 Å². The zero-order valence-corrected chi connectivity index (χ0v) is 31.0. The molecule has 0 saturated heterocycles. The Morgan fingerprint density at radius 3 is 0.500 bits per heavy atom. The van der Waals surface area contributed by atoms with Crippen LogP contribution in [0.2, 0.25) is 0 Å². The van der Waals surface area contributed by atoms with Gasteiger partial charge in [-0.05, 0) is 99.9 Å². The van der Waals surface area contributed by atoms with Gasteiger partial charge in [-0.1, -0.05) is 117 Å². The molecule has 2 aliphatic carbocycles. The highest BCUT2D eigenvalue weighted by molar-refractivity contribution is 6.73. The van der Waals surface area contributed by atoms with E-state index in [0.717, 1.165) is 0 Å². The molecule has 44 heavy (non-hydrogen) atoms. The molecule has 0 saturated carbocycles. The summed E-state index contributed by atoms with van der Waals surface area (Å²) in [5, 5.41) is -2.32. The first-order valence-corrected chi connectivity index (χ1v) is 15.7. The summed E-state index contributed by atoms with van der Waals surface area (Å²) in [6.45, 7) is 17.2. The molecule has 2 aliphatic rings. The lowest BCUT2D eigenvalue weighted by atomic mass is 10.0. The Bertz CT molecular complexity index is 1350. The van der Waals surface area contributed by atoms with E-state index < -0.39 is 43.3 Å². The van der Waals surface area contributed by atoms with Crippen LogP contribution in [0.1, 0.15) is 44.5 Å². The molecule has 2 aromatic rings. The third kappa shape index (κ3) is 10.2. The molecule has 4 nitrogen and oxygen atoms in total. The van der Waals surface area contributed by atoms with E-state index >= 15 is 0 Å². The second-order valence-corrected chi connectivity index (χ2v) is 12.9. The minimum Gasteiger partial charge on any atom is -0.284 e. The molecule has 0 heterocycles. The minimum absolute atomic E-state index is 0.187. The van der Waals surface area contributed by atoms with Crippen LogP contribution in [0.5, 0.6) is 0 Å².